The highest BCUT2D eigenvalue weighted by atomic mass is 79.9. The quantitative estimate of drug-likeness (QED) is 0.644. The number of hydrogen-bond acceptors (Lipinski definition) is 2. The second-order valence-electron chi connectivity index (χ2n) is 6.39. The number of hydrazine groups is 1. The Labute approximate surface area is 129 Å². The van der Waals surface area contributed by atoms with Gasteiger partial charge in [-0.25, -0.2) is 0 Å². The third kappa shape index (κ3) is 2.58. The Morgan fingerprint density at radius 2 is 1.95 bits per heavy atom. The first-order chi connectivity index (χ1) is 9.41. The van der Waals surface area contributed by atoms with Gasteiger partial charge in [0.15, 0.2) is 0 Å². The minimum Gasteiger partial charge on any atom is -0.299 e. The minimum absolute atomic E-state index is 0.0149. The van der Waals surface area contributed by atoms with Crippen LogP contribution in [0.25, 0.3) is 0 Å². The smallest absolute Gasteiger partial charge is 0.244 e. The van der Waals surface area contributed by atoms with Gasteiger partial charge in [0.25, 0.3) is 0 Å². The molecule has 1 aromatic carbocycles. The van der Waals surface area contributed by atoms with Crippen LogP contribution in [-0.2, 0) is 4.79 Å². The summed E-state index contributed by atoms with van der Waals surface area (Å²) in [4.78, 5) is 12.6. The van der Waals surface area contributed by atoms with Gasteiger partial charge in [0.05, 0.1) is 11.1 Å². The molecule has 1 aliphatic carbocycles. The Bertz CT molecular complexity index is 475. The van der Waals surface area contributed by atoms with Crippen LogP contribution in [0.5, 0.6) is 0 Å². The van der Waals surface area contributed by atoms with Crippen molar-refractivity contribution >= 4 is 27.5 Å². The van der Waals surface area contributed by atoms with Crippen molar-refractivity contribution < 1.29 is 4.79 Å². The molecule has 0 bridgehead atoms. The van der Waals surface area contributed by atoms with Crippen LogP contribution in [-0.4, -0.2) is 11.2 Å². The van der Waals surface area contributed by atoms with Crippen LogP contribution in [0.15, 0.2) is 30.3 Å². The van der Waals surface area contributed by atoms with Crippen molar-refractivity contribution in [1.29, 1.82) is 0 Å². The van der Waals surface area contributed by atoms with Crippen LogP contribution < -0.4 is 10.9 Å². The van der Waals surface area contributed by atoms with Crippen LogP contribution in [0.3, 0.4) is 0 Å². The molecule has 4 heteroatoms. The van der Waals surface area contributed by atoms with Gasteiger partial charge < -0.3 is 0 Å². The summed E-state index contributed by atoms with van der Waals surface area (Å²) in [6.45, 7) is 6.49. The third-order valence-electron chi connectivity index (χ3n) is 5.22. The maximum atomic E-state index is 12.6. The van der Waals surface area contributed by atoms with Gasteiger partial charge in [0.1, 0.15) is 0 Å². The van der Waals surface area contributed by atoms with Crippen LogP contribution >= 0.6 is 15.9 Å². The molecule has 0 aromatic heterocycles. The number of alkyl halides is 1. The summed E-state index contributed by atoms with van der Waals surface area (Å²) in [6, 6.07) is 9.70. The molecule has 1 aliphatic rings. The molecule has 110 valence electrons. The molecule has 1 fully saturated rings. The van der Waals surface area contributed by atoms with Gasteiger partial charge in [-0.3, -0.25) is 15.6 Å². The van der Waals surface area contributed by atoms with Gasteiger partial charge >= 0.3 is 0 Å². The lowest BCUT2D eigenvalue weighted by Crippen LogP contribution is -2.48. The Kier molecular flexibility index (Phi) is 4.43. The van der Waals surface area contributed by atoms with Crippen molar-refractivity contribution in [3.63, 3.8) is 0 Å². The first kappa shape index (κ1) is 15.4. The lowest BCUT2D eigenvalue weighted by molar-refractivity contribution is -0.135. The zero-order valence-electron chi connectivity index (χ0n) is 12.4. The molecular weight excluding hydrogens is 316 g/mol. The Hall–Kier alpha value is -1.03. The van der Waals surface area contributed by atoms with Gasteiger partial charge in [-0.15, -0.1) is 0 Å². The highest BCUT2D eigenvalue weighted by molar-refractivity contribution is 9.09. The molecule has 0 radical (unpaired) electrons. The van der Waals surface area contributed by atoms with E-state index in [2.05, 4.69) is 47.6 Å². The number of nitrogens with one attached hydrogen (secondary N) is 2. The van der Waals surface area contributed by atoms with Crippen LogP contribution in [0.4, 0.5) is 5.69 Å². The fraction of sp³-hybridized carbons (Fsp3) is 0.562. The summed E-state index contributed by atoms with van der Waals surface area (Å²) in [5.41, 5.74) is 6.43. The van der Waals surface area contributed by atoms with Crippen LogP contribution in [0.2, 0.25) is 0 Å². The standard InChI is InChI=1S/C16H23BrN2O/c1-15(2)12(11-17)9-10-16(15,3)14(20)19-18-13-7-5-4-6-8-13/h4-8,12,18H,9-11H2,1-3H3,(H,19,20). The molecule has 1 amide bonds. The first-order valence-electron chi connectivity index (χ1n) is 7.09. The predicted molar refractivity (Wildman–Crippen MR) is 86.6 cm³/mol. The lowest BCUT2D eigenvalue weighted by atomic mass is 9.65. The number of hydrogen-bond donors (Lipinski definition) is 2. The van der Waals surface area contributed by atoms with E-state index in [0.29, 0.717) is 5.92 Å². The van der Waals surface area contributed by atoms with E-state index in [-0.39, 0.29) is 16.7 Å². The average Bonchev–Trinajstić information content (AvgIpc) is 2.68. The number of para-hydroxylation sites is 1. The molecule has 1 aromatic rings. The number of benzene rings is 1. The largest absolute Gasteiger partial charge is 0.299 e. The zero-order chi connectivity index (χ0) is 14.8. The van der Waals surface area contributed by atoms with E-state index >= 15 is 0 Å². The van der Waals surface area contributed by atoms with E-state index in [4.69, 9.17) is 0 Å². The maximum Gasteiger partial charge on any atom is 0.244 e. The fourth-order valence-corrected chi connectivity index (χ4v) is 4.19. The number of carbonyl (C=O) groups is 1. The number of carbonyl (C=O) groups excluding carboxylic acids is 1. The molecule has 0 heterocycles. The zero-order valence-corrected chi connectivity index (χ0v) is 14.0. The topological polar surface area (TPSA) is 41.1 Å². The third-order valence-corrected chi connectivity index (χ3v) is 6.00. The Balaban J connectivity index is 2.05. The van der Waals surface area contributed by atoms with E-state index in [1.807, 2.05) is 30.3 Å². The molecule has 2 unspecified atom stereocenters. The number of rotatable bonds is 4. The van der Waals surface area contributed by atoms with E-state index < -0.39 is 0 Å². The number of anilines is 1. The second kappa shape index (κ2) is 5.76. The van der Waals surface area contributed by atoms with Gasteiger partial charge in [0.2, 0.25) is 5.91 Å². The predicted octanol–water partition coefficient (Wildman–Crippen LogP) is 3.97. The van der Waals surface area contributed by atoms with Crippen molar-refractivity contribution in [2.75, 3.05) is 10.8 Å². The molecule has 2 rings (SSSR count). The highest BCUT2D eigenvalue weighted by Gasteiger charge is 2.55. The van der Waals surface area contributed by atoms with Gasteiger partial charge in [-0.05, 0) is 36.3 Å². The molecular formula is C16H23BrN2O. The van der Waals surface area contributed by atoms with Gasteiger partial charge in [0, 0.05) is 5.33 Å². The first-order valence-corrected chi connectivity index (χ1v) is 8.21. The monoisotopic (exact) mass is 338 g/mol. The van der Waals surface area contributed by atoms with Crippen molar-refractivity contribution in [3.05, 3.63) is 30.3 Å². The molecule has 0 saturated heterocycles. The second-order valence-corrected chi connectivity index (χ2v) is 7.04. The van der Waals surface area contributed by atoms with E-state index in [0.717, 1.165) is 23.9 Å². The van der Waals surface area contributed by atoms with Crippen molar-refractivity contribution in [2.45, 2.75) is 33.6 Å². The summed E-state index contributed by atoms with van der Waals surface area (Å²) in [7, 11) is 0. The van der Waals surface area contributed by atoms with Crippen molar-refractivity contribution in [3.8, 4) is 0 Å². The molecule has 3 nitrogen and oxygen atoms in total. The van der Waals surface area contributed by atoms with Crippen LogP contribution in [0, 0.1) is 16.7 Å². The Morgan fingerprint density at radius 3 is 2.50 bits per heavy atom. The van der Waals surface area contributed by atoms with Crippen LogP contribution in [0.1, 0.15) is 33.6 Å². The Morgan fingerprint density at radius 1 is 1.30 bits per heavy atom. The summed E-state index contributed by atoms with van der Waals surface area (Å²) >= 11 is 3.58. The minimum atomic E-state index is -0.340. The van der Waals surface area contributed by atoms with E-state index in [1.54, 1.807) is 0 Å². The van der Waals surface area contributed by atoms with Crippen molar-refractivity contribution in [1.82, 2.24) is 5.43 Å². The van der Waals surface area contributed by atoms with E-state index in [1.165, 1.54) is 0 Å². The molecule has 20 heavy (non-hydrogen) atoms. The van der Waals surface area contributed by atoms with E-state index in [9.17, 15) is 4.79 Å². The normalized spacial score (nSPS) is 28.1. The fourth-order valence-electron chi connectivity index (χ4n) is 3.06. The highest BCUT2D eigenvalue weighted by Crippen LogP contribution is 2.56. The van der Waals surface area contributed by atoms with Gasteiger partial charge in [-0.2, -0.15) is 0 Å². The van der Waals surface area contributed by atoms with Gasteiger partial charge in [-0.1, -0.05) is 54.9 Å². The molecule has 0 aliphatic heterocycles. The van der Waals surface area contributed by atoms with Crippen molar-refractivity contribution in [2.24, 2.45) is 16.7 Å². The summed E-state index contributed by atoms with van der Waals surface area (Å²) in [6.07, 6.45) is 2.02. The summed E-state index contributed by atoms with van der Waals surface area (Å²) in [5, 5.41) is 0.953. The number of halogens is 1. The molecule has 1 saturated carbocycles. The summed E-state index contributed by atoms with van der Waals surface area (Å²) < 4.78 is 0. The molecule has 0 spiro atoms. The molecule has 2 N–H and O–H groups in total. The number of amides is 1. The molecule has 2 atom stereocenters. The SMILES string of the molecule is CC1(C(=O)NNc2ccccc2)CCC(CBr)C1(C)C. The average molecular weight is 339 g/mol. The maximum absolute atomic E-state index is 12.6. The lowest BCUT2D eigenvalue weighted by Gasteiger charge is -2.40. The summed E-state index contributed by atoms with van der Waals surface area (Å²) in [5.74, 6) is 0.616.